The Morgan fingerprint density at radius 3 is 3.36 bits per heavy atom. The first-order valence-corrected chi connectivity index (χ1v) is 6.23. The third-order valence-electron chi connectivity index (χ3n) is 2.51. The zero-order valence-electron chi connectivity index (χ0n) is 8.44. The van der Waals surface area contributed by atoms with Crippen LogP contribution >= 0.6 is 11.8 Å². The third kappa shape index (κ3) is 2.27. The van der Waals surface area contributed by atoms with Crippen molar-refractivity contribution < 1.29 is 0 Å². The van der Waals surface area contributed by atoms with Crippen molar-refractivity contribution >= 4 is 11.8 Å². The van der Waals surface area contributed by atoms with E-state index in [1.807, 2.05) is 11.8 Å². The quantitative estimate of drug-likeness (QED) is 0.805. The molecule has 0 spiro atoms. The van der Waals surface area contributed by atoms with E-state index < -0.39 is 0 Å². The lowest BCUT2D eigenvalue weighted by molar-refractivity contribution is 0.528. The summed E-state index contributed by atoms with van der Waals surface area (Å²) >= 11 is 2.02. The zero-order chi connectivity index (χ0) is 9.80. The summed E-state index contributed by atoms with van der Waals surface area (Å²) in [6.45, 7) is 3.90. The Morgan fingerprint density at radius 1 is 1.71 bits per heavy atom. The molecule has 1 saturated heterocycles. The van der Waals surface area contributed by atoms with Crippen LogP contribution in [0.5, 0.6) is 0 Å². The van der Waals surface area contributed by atoms with Gasteiger partial charge >= 0.3 is 0 Å². The van der Waals surface area contributed by atoms with Crippen LogP contribution < -0.4 is 5.32 Å². The van der Waals surface area contributed by atoms with Crippen LogP contribution in [0.2, 0.25) is 0 Å². The van der Waals surface area contributed by atoms with Crippen molar-refractivity contribution in [3.05, 3.63) is 12.2 Å². The van der Waals surface area contributed by atoms with Gasteiger partial charge in [0.25, 0.3) is 0 Å². The second-order valence-corrected chi connectivity index (χ2v) is 4.62. The highest BCUT2D eigenvalue weighted by Gasteiger charge is 2.15. The fourth-order valence-electron chi connectivity index (χ4n) is 1.61. The van der Waals surface area contributed by atoms with E-state index in [1.165, 1.54) is 17.9 Å². The molecule has 4 nitrogen and oxygen atoms in total. The number of nitrogens with zero attached hydrogens (tertiary/aromatic N) is 3. The molecule has 0 aromatic carbocycles. The summed E-state index contributed by atoms with van der Waals surface area (Å²) in [5, 5.41) is 11.5. The molecule has 1 N–H and O–H groups in total. The second kappa shape index (κ2) is 4.79. The molecule has 2 rings (SSSR count). The summed E-state index contributed by atoms with van der Waals surface area (Å²) in [6.07, 6.45) is 3.07. The van der Waals surface area contributed by atoms with Crippen LogP contribution in [0.25, 0.3) is 0 Å². The minimum absolute atomic E-state index is 0.669. The van der Waals surface area contributed by atoms with E-state index in [0.717, 1.165) is 18.9 Å². The summed E-state index contributed by atoms with van der Waals surface area (Å²) in [5.74, 6) is 3.57. The monoisotopic (exact) mass is 212 g/mol. The average molecular weight is 212 g/mol. The maximum Gasteiger partial charge on any atom is 0.146 e. The summed E-state index contributed by atoms with van der Waals surface area (Å²) in [6, 6.07) is 0.669. The Hall–Kier alpha value is -0.550. The van der Waals surface area contributed by atoms with Crippen molar-refractivity contribution in [3.63, 3.8) is 0 Å². The number of aromatic nitrogens is 3. The predicted molar refractivity (Wildman–Crippen MR) is 58.3 cm³/mol. The highest BCUT2D eigenvalue weighted by Crippen LogP contribution is 2.17. The van der Waals surface area contributed by atoms with E-state index in [0.29, 0.717) is 6.04 Å². The summed E-state index contributed by atoms with van der Waals surface area (Å²) in [5.41, 5.74) is 0. The number of rotatable bonds is 4. The molecule has 1 aromatic rings. The maximum absolute atomic E-state index is 4.09. The molecular formula is C9H16N4S. The molecular weight excluding hydrogens is 196 g/mol. The van der Waals surface area contributed by atoms with Gasteiger partial charge in [-0.2, -0.15) is 11.8 Å². The lowest BCUT2D eigenvalue weighted by Gasteiger charge is -2.10. The topological polar surface area (TPSA) is 42.7 Å². The molecule has 1 atom stereocenters. The van der Waals surface area contributed by atoms with Crippen LogP contribution in [-0.4, -0.2) is 32.3 Å². The van der Waals surface area contributed by atoms with Gasteiger partial charge in [0, 0.05) is 18.3 Å². The molecule has 0 radical (unpaired) electrons. The van der Waals surface area contributed by atoms with Crippen molar-refractivity contribution in [2.75, 3.05) is 11.5 Å². The predicted octanol–water partition coefficient (Wildman–Crippen LogP) is 0.893. The molecule has 0 amide bonds. The highest BCUT2D eigenvalue weighted by molar-refractivity contribution is 7.99. The molecule has 1 aromatic heterocycles. The van der Waals surface area contributed by atoms with Gasteiger partial charge in [-0.1, -0.05) is 0 Å². The van der Waals surface area contributed by atoms with Crippen molar-refractivity contribution in [3.8, 4) is 0 Å². The first-order valence-electron chi connectivity index (χ1n) is 5.08. The van der Waals surface area contributed by atoms with Crippen LogP contribution in [0.3, 0.4) is 0 Å². The third-order valence-corrected chi connectivity index (χ3v) is 3.68. The average Bonchev–Trinajstić information content (AvgIpc) is 2.85. The Bertz CT molecular complexity index is 280. The van der Waals surface area contributed by atoms with Crippen LogP contribution in [0.15, 0.2) is 6.33 Å². The summed E-state index contributed by atoms with van der Waals surface area (Å²) in [7, 11) is 0. The fraction of sp³-hybridized carbons (Fsp3) is 0.778. The van der Waals surface area contributed by atoms with Crippen LogP contribution in [-0.2, 0) is 13.1 Å². The van der Waals surface area contributed by atoms with Gasteiger partial charge in [-0.05, 0) is 19.1 Å². The minimum Gasteiger partial charge on any atom is -0.317 e. The molecule has 1 fully saturated rings. The van der Waals surface area contributed by atoms with Crippen LogP contribution in [0.1, 0.15) is 19.2 Å². The van der Waals surface area contributed by atoms with Crippen molar-refractivity contribution in [2.45, 2.75) is 32.5 Å². The van der Waals surface area contributed by atoms with Crippen molar-refractivity contribution in [1.82, 2.24) is 20.1 Å². The van der Waals surface area contributed by atoms with Gasteiger partial charge in [-0.3, -0.25) is 0 Å². The number of thioether (sulfide) groups is 1. The van der Waals surface area contributed by atoms with Crippen LogP contribution in [0.4, 0.5) is 0 Å². The Labute approximate surface area is 88.5 Å². The normalized spacial score (nSPS) is 21.6. The summed E-state index contributed by atoms with van der Waals surface area (Å²) < 4.78 is 2.08. The Balaban J connectivity index is 1.84. The van der Waals surface area contributed by atoms with E-state index >= 15 is 0 Å². The van der Waals surface area contributed by atoms with Gasteiger partial charge in [-0.25, -0.2) is 0 Å². The smallest absolute Gasteiger partial charge is 0.146 e. The molecule has 5 heteroatoms. The van der Waals surface area contributed by atoms with E-state index in [9.17, 15) is 0 Å². The van der Waals surface area contributed by atoms with Gasteiger partial charge in [-0.15, -0.1) is 10.2 Å². The second-order valence-electron chi connectivity index (χ2n) is 3.47. The summed E-state index contributed by atoms with van der Waals surface area (Å²) in [4.78, 5) is 0. The highest BCUT2D eigenvalue weighted by atomic mass is 32.2. The first-order chi connectivity index (χ1) is 6.90. The van der Waals surface area contributed by atoms with Gasteiger partial charge in [0.05, 0.1) is 6.54 Å². The largest absolute Gasteiger partial charge is 0.317 e. The lowest BCUT2D eigenvalue weighted by Crippen LogP contribution is -2.29. The van der Waals surface area contributed by atoms with E-state index in [-0.39, 0.29) is 0 Å². The zero-order valence-corrected chi connectivity index (χ0v) is 9.26. The van der Waals surface area contributed by atoms with E-state index in [2.05, 4.69) is 27.0 Å². The van der Waals surface area contributed by atoms with Crippen LogP contribution in [0, 0.1) is 0 Å². The van der Waals surface area contributed by atoms with E-state index in [1.54, 1.807) is 6.33 Å². The minimum atomic E-state index is 0.669. The first kappa shape index (κ1) is 9.98. The fourth-order valence-corrected chi connectivity index (χ4v) is 2.80. The van der Waals surface area contributed by atoms with Gasteiger partial charge in [0.15, 0.2) is 0 Å². The lowest BCUT2D eigenvalue weighted by atomic mass is 10.2. The standard InChI is InChI=1S/C9H16N4S/c1-2-13-7-11-12-9(13)5-10-8-3-4-14-6-8/h7-8,10H,2-6H2,1H3. The SMILES string of the molecule is CCn1cnnc1CNC1CCSC1. The molecule has 0 bridgehead atoms. The van der Waals surface area contributed by atoms with Gasteiger partial charge < -0.3 is 9.88 Å². The molecule has 14 heavy (non-hydrogen) atoms. The molecule has 0 saturated carbocycles. The number of hydrogen-bond acceptors (Lipinski definition) is 4. The van der Waals surface area contributed by atoms with Crippen molar-refractivity contribution in [2.24, 2.45) is 0 Å². The number of hydrogen-bond donors (Lipinski definition) is 1. The van der Waals surface area contributed by atoms with E-state index in [4.69, 9.17) is 0 Å². The van der Waals surface area contributed by atoms with Gasteiger partial charge in [0.2, 0.25) is 0 Å². The number of aryl methyl sites for hydroxylation is 1. The molecule has 2 heterocycles. The molecule has 1 aliphatic heterocycles. The molecule has 1 unspecified atom stereocenters. The molecule has 78 valence electrons. The van der Waals surface area contributed by atoms with Gasteiger partial charge in [0.1, 0.15) is 12.2 Å². The van der Waals surface area contributed by atoms with Crippen molar-refractivity contribution in [1.29, 1.82) is 0 Å². The Morgan fingerprint density at radius 2 is 2.64 bits per heavy atom. The maximum atomic E-state index is 4.09. The number of nitrogens with one attached hydrogen (secondary N) is 1. The molecule has 1 aliphatic rings. The Kier molecular flexibility index (Phi) is 3.42. The molecule has 0 aliphatic carbocycles.